The van der Waals surface area contributed by atoms with Crippen molar-refractivity contribution >= 4 is 17.2 Å². The highest BCUT2D eigenvalue weighted by molar-refractivity contribution is 7.13. The van der Waals surface area contributed by atoms with Crippen LogP contribution in [0.2, 0.25) is 0 Å². The van der Waals surface area contributed by atoms with E-state index in [1.807, 2.05) is 31.2 Å². The maximum atomic E-state index is 12.5. The number of carbonyl (C=O) groups is 1. The number of amides is 1. The SMILES string of the molecule is C#CCN(Cc1nnc(C(=O)NCc2ccc(C)cc2)s1)C1CCc2ccccc21. The molecule has 0 bridgehead atoms. The zero-order valence-corrected chi connectivity index (χ0v) is 17.8. The summed E-state index contributed by atoms with van der Waals surface area (Å²) in [6.07, 6.45) is 7.75. The monoisotopic (exact) mass is 416 g/mol. The number of aryl methyl sites for hydroxylation is 2. The van der Waals surface area contributed by atoms with Crippen molar-refractivity contribution in [3.63, 3.8) is 0 Å². The number of benzene rings is 2. The number of carbonyl (C=O) groups excluding carboxylic acids is 1. The van der Waals surface area contributed by atoms with Gasteiger partial charge >= 0.3 is 0 Å². The normalized spacial score (nSPS) is 15.0. The molecule has 3 aromatic rings. The molecule has 1 aromatic heterocycles. The van der Waals surface area contributed by atoms with Gasteiger partial charge in [0.05, 0.1) is 13.1 Å². The van der Waals surface area contributed by atoms with Crippen LogP contribution in [-0.4, -0.2) is 27.5 Å². The summed E-state index contributed by atoms with van der Waals surface area (Å²) in [6, 6.07) is 16.9. The van der Waals surface area contributed by atoms with Gasteiger partial charge in [-0.1, -0.05) is 71.4 Å². The van der Waals surface area contributed by atoms with E-state index in [0.717, 1.165) is 23.4 Å². The van der Waals surface area contributed by atoms with Crippen LogP contribution in [0.4, 0.5) is 0 Å². The third-order valence-corrected chi connectivity index (χ3v) is 6.32. The predicted molar refractivity (Wildman–Crippen MR) is 119 cm³/mol. The molecule has 1 atom stereocenters. The topological polar surface area (TPSA) is 58.1 Å². The van der Waals surface area contributed by atoms with Gasteiger partial charge < -0.3 is 5.32 Å². The Kier molecular flexibility index (Phi) is 6.22. The molecular weight excluding hydrogens is 392 g/mol. The molecule has 1 heterocycles. The molecule has 1 amide bonds. The van der Waals surface area contributed by atoms with E-state index < -0.39 is 0 Å². The number of fused-ring (bicyclic) bond motifs is 1. The van der Waals surface area contributed by atoms with Gasteiger partial charge in [-0.05, 0) is 36.5 Å². The molecular formula is C24H24N4OS. The Morgan fingerprint density at radius 2 is 2.03 bits per heavy atom. The molecule has 6 heteroatoms. The Morgan fingerprint density at radius 3 is 2.83 bits per heavy atom. The molecule has 1 N–H and O–H groups in total. The fourth-order valence-electron chi connectivity index (χ4n) is 3.85. The number of terminal acetylenes is 1. The molecule has 0 saturated heterocycles. The lowest BCUT2D eigenvalue weighted by Crippen LogP contribution is -2.27. The van der Waals surface area contributed by atoms with Crippen molar-refractivity contribution in [2.75, 3.05) is 6.54 Å². The van der Waals surface area contributed by atoms with Crippen LogP contribution in [0.15, 0.2) is 48.5 Å². The molecule has 0 spiro atoms. The van der Waals surface area contributed by atoms with E-state index in [0.29, 0.717) is 24.6 Å². The summed E-state index contributed by atoms with van der Waals surface area (Å²) in [4.78, 5) is 14.7. The summed E-state index contributed by atoms with van der Waals surface area (Å²) >= 11 is 1.33. The van der Waals surface area contributed by atoms with Crippen molar-refractivity contribution in [1.29, 1.82) is 0 Å². The van der Waals surface area contributed by atoms with E-state index in [-0.39, 0.29) is 11.9 Å². The second-order valence-electron chi connectivity index (χ2n) is 7.53. The first-order chi connectivity index (χ1) is 14.6. The number of hydrogen-bond acceptors (Lipinski definition) is 5. The maximum Gasteiger partial charge on any atom is 0.282 e. The molecule has 1 unspecified atom stereocenters. The summed E-state index contributed by atoms with van der Waals surface area (Å²) < 4.78 is 0. The van der Waals surface area contributed by atoms with Crippen molar-refractivity contribution in [2.24, 2.45) is 0 Å². The fourth-order valence-corrected chi connectivity index (χ4v) is 4.64. The largest absolute Gasteiger partial charge is 0.346 e. The van der Waals surface area contributed by atoms with Crippen LogP contribution in [0.3, 0.4) is 0 Å². The average Bonchev–Trinajstić information content (AvgIpc) is 3.40. The summed E-state index contributed by atoms with van der Waals surface area (Å²) in [6.45, 7) is 3.63. The van der Waals surface area contributed by atoms with Gasteiger partial charge in [0.25, 0.3) is 5.91 Å². The van der Waals surface area contributed by atoms with Gasteiger partial charge in [0.1, 0.15) is 5.01 Å². The molecule has 0 saturated carbocycles. The standard InChI is InChI=1S/C24H24N4OS/c1-3-14-28(21-13-12-19-6-4-5-7-20(19)21)16-22-26-27-24(30-22)23(29)25-15-18-10-8-17(2)9-11-18/h1,4-11,21H,12-16H2,2H3,(H,25,29). The molecule has 0 aliphatic heterocycles. The lowest BCUT2D eigenvalue weighted by Gasteiger charge is -2.26. The Morgan fingerprint density at radius 1 is 1.23 bits per heavy atom. The van der Waals surface area contributed by atoms with E-state index in [1.54, 1.807) is 0 Å². The summed E-state index contributed by atoms with van der Waals surface area (Å²) in [5.41, 5.74) is 4.98. The van der Waals surface area contributed by atoms with Gasteiger partial charge in [-0.2, -0.15) is 0 Å². The maximum absolute atomic E-state index is 12.5. The lowest BCUT2D eigenvalue weighted by atomic mass is 10.1. The highest BCUT2D eigenvalue weighted by Gasteiger charge is 2.28. The van der Waals surface area contributed by atoms with E-state index in [2.05, 4.69) is 50.6 Å². The Hall–Kier alpha value is -3.01. The number of rotatable bonds is 7. The van der Waals surface area contributed by atoms with Crippen molar-refractivity contribution in [2.45, 2.75) is 38.9 Å². The quantitative estimate of drug-likeness (QED) is 0.594. The van der Waals surface area contributed by atoms with Crippen LogP contribution in [-0.2, 0) is 19.5 Å². The summed E-state index contributed by atoms with van der Waals surface area (Å²) in [7, 11) is 0. The van der Waals surface area contributed by atoms with E-state index >= 15 is 0 Å². The van der Waals surface area contributed by atoms with Crippen LogP contribution < -0.4 is 5.32 Å². The zero-order chi connectivity index (χ0) is 20.9. The Bertz CT molecular complexity index is 1070. The fraction of sp³-hybridized carbons (Fsp3) is 0.292. The molecule has 4 rings (SSSR count). The van der Waals surface area contributed by atoms with Crippen molar-refractivity contribution in [1.82, 2.24) is 20.4 Å². The Balaban J connectivity index is 1.40. The minimum atomic E-state index is -0.200. The van der Waals surface area contributed by atoms with Gasteiger partial charge in [-0.15, -0.1) is 16.6 Å². The summed E-state index contributed by atoms with van der Waals surface area (Å²) in [5, 5.41) is 12.5. The van der Waals surface area contributed by atoms with Gasteiger partial charge in [-0.3, -0.25) is 9.69 Å². The zero-order valence-electron chi connectivity index (χ0n) is 17.0. The molecule has 1 aliphatic rings. The second kappa shape index (κ2) is 9.21. The van der Waals surface area contributed by atoms with E-state index in [4.69, 9.17) is 6.42 Å². The minimum Gasteiger partial charge on any atom is -0.346 e. The number of nitrogens with zero attached hydrogens (tertiary/aromatic N) is 3. The number of hydrogen-bond donors (Lipinski definition) is 1. The smallest absolute Gasteiger partial charge is 0.282 e. The van der Waals surface area contributed by atoms with Gasteiger partial charge in [-0.25, -0.2) is 0 Å². The van der Waals surface area contributed by atoms with E-state index in [9.17, 15) is 4.79 Å². The third kappa shape index (κ3) is 4.59. The third-order valence-electron chi connectivity index (χ3n) is 5.41. The van der Waals surface area contributed by atoms with E-state index in [1.165, 1.54) is 28.0 Å². The van der Waals surface area contributed by atoms with Crippen LogP contribution in [0, 0.1) is 19.3 Å². The second-order valence-corrected chi connectivity index (χ2v) is 8.59. The van der Waals surface area contributed by atoms with Gasteiger partial charge in [0.15, 0.2) is 0 Å². The van der Waals surface area contributed by atoms with Crippen molar-refractivity contribution < 1.29 is 4.79 Å². The lowest BCUT2D eigenvalue weighted by molar-refractivity contribution is 0.0950. The molecule has 0 fully saturated rings. The molecule has 5 nitrogen and oxygen atoms in total. The van der Waals surface area contributed by atoms with Crippen LogP contribution in [0.25, 0.3) is 0 Å². The first kappa shape index (κ1) is 20.3. The molecule has 152 valence electrons. The molecule has 1 aliphatic carbocycles. The average molecular weight is 417 g/mol. The first-order valence-corrected chi connectivity index (χ1v) is 10.9. The highest BCUT2D eigenvalue weighted by Crippen LogP contribution is 2.36. The molecule has 0 radical (unpaired) electrons. The number of nitrogens with one attached hydrogen (secondary N) is 1. The molecule has 30 heavy (non-hydrogen) atoms. The Labute approximate surface area is 181 Å². The first-order valence-electron chi connectivity index (χ1n) is 10.1. The van der Waals surface area contributed by atoms with Crippen LogP contribution in [0.5, 0.6) is 0 Å². The van der Waals surface area contributed by atoms with Gasteiger partial charge in [0, 0.05) is 12.6 Å². The van der Waals surface area contributed by atoms with Crippen molar-refractivity contribution in [3.8, 4) is 12.3 Å². The van der Waals surface area contributed by atoms with Crippen LogP contribution in [0.1, 0.15) is 49.5 Å². The van der Waals surface area contributed by atoms with Gasteiger partial charge in [0.2, 0.25) is 5.01 Å². The number of aromatic nitrogens is 2. The molecule has 2 aromatic carbocycles. The minimum absolute atomic E-state index is 0.200. The van der Waals surface area contributed by atoms with Crippen LogP contribution >= 0.6 is 11.3 Å². The predicted octanol–water partition coefficient (Wildman–Crippen LogP) is 3.90. The highest BCUT2D eigenvalue weighted by atomic mass is 32.1. The summed E-state index contributed by atoms with van der Waals surface area (Å²) in [5.74, 6) is 2.57. The van der Waals surface area contributed by atoms with Crippen molar-refractivity contribution in [3.05, 3.63) is 80.8 Å².